The quantitative estimate of drug-likeness (QED) is 0.791. The number of carbonyl (C=O) groups excluding carboxylic acids is 1. The molecule has 2 rings (SSSR count). The molecule has 1 amide bonds. The van der Waals surface area contributed by atoms with Crippen LogP contribution in [-0.2, 0) is 4.79 Å². The van der Waals surface area contributed by atoms with Crippen molar-refractivity contribution in [3.8, 4) is 0 Å². The van der Waals surface area contributed by atoms with Gasteiger partial charge in [0.1, 0.15) is 0 Å². The van der Waals surface area contributed by atoms with Crippen LogP contribution in [0.3, 0.4) is 0 Å². The highest BCUT2D eigenvalue weighted by molar-refractivity contribution is 5.96. The molecule has 0 spiro atoms. The van der Waals surface area contributed by atoms with E-state index >= 15 is 0 Å². The van der Waals surface area contributed by atoms with Crippen molar-refractivity contribution in [1.29, 1.82) is 0 Å². The Balaban J connectivity index is 2.11. The van der Waals surface area contributed by atoms with Crippen LogP contribution in [0.4, 0.5) is 5.69 Å². The van der Waals surface area contributed by atoms with Gasteiger partial charge in [-0.05, 0) is 30.9 Å². The maximum absolute atomic E-state index is 12.4. The van der Waals surface area contributed by atoms with Crippen molar-refractivity contribution >= 4 is 11.6 Å². The highest BCUT2D eigenvalue weighted by Gasteiger charge is 2.24. The lowest BCUT2D eigenvalue weighted by Gasteiger charge is -2.29. The highest BCUT2D eigenvalue weighted by atomic mass is 16.2. The molecule has 1 fully saturated rings. The molecule has 3 N–H and O–H groups in total. The van der Waals surface area contributed by atoms with Crippen LogP contribution < -0.4 is 16.0 Å². The fourth-order valence-corrected chi connectivity index (χ4v) is 2.52. The van der Waals surface area contributed by atoms with Crippen LogP contribution in [0.2, 0.25) is 0 Å². The summed E-state index contributed by atoms with van der Waals surface area (Å²) in [6, 6.07) is 6.43. The largest absolute Gasteiger partial charge is 0.324 e. The predicted octanol–water partition coefficient (Wildman–Crippen LogP) is 2.01. The second-order valence-corrected chi connectivity index (χ2v) is 5.95. The minimum Gasteiger partial charge on any atom is -0.324 e. The molecular weight excluding hydrogens is 250 g/mol. The van der Waals surface area contributed by atoms with Gasteiger partial charge in [-0.3, -0.25) is 4.79 Å². The van der Waals surface area contributed by atoms with Crippen molar-refractivity contribution in [2.75, 3.05) is 18.4 Å². The number of benzene rings is 1. The van der Waals surface area contributed by atoms with E-state index in [2.05, 4.69) is 42.8 Å². The van der Waals surface area contributed by atoms with E-state index in [9.17, 15) is 4.79 Å². The average molecular weight is 275 g/mol. The van der Waals surface area contributed by atoms with Gasteiger partial charge in [0.15, 0.2) is 0 Å². The summed E-state index contributed by atoms with van der Waals surface area (Å²) in [5.41, 5.74) is 3.27. The molecule has 0 saturated carbocycles. The van der Waals surface area contributed by atoms with Crippen molar-refractivity contribution in [2.45, 2.75) is 45.7 Å². The van der Waals surface area contributed by atoms with Crippen molar-refractivity contribution in [3.63, 3.8) is 0 Å². The lowest BCUT2D eigenvalue weighted by molar-refractivity contribution is -0.118. The molecule has 1 aliphatic heterocycles. The molecule has 2 atom stereocenters. The third-order valence-electron chi connectivity index (χ3n) is 3.83. The van der Waals surface area contributed by atoms with Crippen LogP contribution in [0.1, 0.15) is 37.8 Å². The minimum absolute atomic E-state index is 0.0422. The standard InChI is InChI=1S/C16H25N3O/c1-10(2)13-7-5-6-11(3)15(13)19-16(20)14-9-17-12(4)8-18-14/h5-7,10,12,14,17-18H,8-9H2,1-4H3,(H,19,20). The first-order valence-electron chi connectivity index (χ1n) is 7.36. The Labute approximate surface area is 121 Å². The summed E-state index contributed by atoms with van der Waals surface area (Å²) >= 11 is 0. The molecule has 0 bridgehead atoms. The molecule has 0 aliphatic carbocycles. The predicted molar refractivity (Wildman–Crippen MR) is 83.2 cm³/mol. The molecule has 1 saturated heterocycles. The van der Waals surface area contributed by atoms with Crippen molar-refractivity contribution in [2.24, 2.45) is 0 Å². The third-order valence-corrected chi connectivity index (χ3v) is 3.83. The fourth-order valence-electron chi connectivity index (χ4n) is 2.52. The number of rotatable bonds is 3. The number of para-hydroxylation sites is 1. The Bertz CT molecular complexity index is 477. The van der Waals surface area contributed by atoms with E-state index < -0.39 is 0 Å². The average Bonchev–Trinajstić information content (AvgIpc) is 2.41. The smallest absolute Gasteiger partial charge is 0.242 e. The van der Waals surface area contributed by atoms with Crippen LogP contribution in [0, 0.1) is 6.92 Å². The fraction of sp³-hybridized carbons (Fsp3) is 0.562. The maximum Gasteiger partial charge on any atom is 0.242 e. The Morgan fingerprint density at radius 3 is 2.65 bits per heavy atom. The van der Waals surface area contributed by atoms with E-state index in [-0.39, 0.29) is 11.9 Å². The second-order valence-electron chi connectivity index (χ2n) is 5.95. The van der Waals surface area contributed by atoms with Gasteiger partial charge in [-0.15, -0.1) is 0 Å². The van der Waals surface area contributed by atoms with Gasteiger partial charge in [0.2, 0.25) is 5.91 Å². The molecule has 1 heterocycles. The number of nitrogens with one attached hydrogen (secondary N) is 3. The number of carbonyl (C=O) groups is 1. The highest BCUT2D eigenvalue weighted by Crippen LogP contribution is 2.27. The van der Waals surface area contributed by atoms with Crippen molar-refractivity contribution in [3.05, 3.63) is 29.3 Å². The summed E-state index contributed by atoms with van der Waals surface area (Å²) in [7, 11) is 0. The van der Waals surface area contributed by atoms with E-state index in [1.807, 2.05) is 19.1 Å². The summed E-state index contributed by atoms with van der Waals surface area (Å²) in [6.07, 6.45) is 0. The first-order chi connectivity index (χ1) is 9.49. The summed E-state index contributed by atoms with van der Waals surface area (Å²) in [5.74, 6) is 0.434. The van der Waals surface area contributed by atoms with Crippen LogP contribution in [0.15, 0.2) is 18.2 Å². The van der Waals surface area contributed by atoms with Crippen LogP contribution >= 0.6 is 0 Å². The van der Waals surface area contributed by atoms with Gasteiger partial charge in [-0.1, -0.05) is 32.0 Å². The Kier molecular flexibility index (Phi) is 4.78. The number of amides is 1. The van der Waals surface area contributed by atoms with Gasteiger partial charge < -0.3 is 16.0 Å². The van der Waals surface area contributed by atoms with Crippen molar-refractivity contribution < 1.29 is 4.79 Å². The molecule has 1 aliphatic rings. The van der Waals surface area contributed by atoms with Crippen LogP contribution in [0.5, 0.6) is 0 Å². The summed E-state index contributed by atoms with van der Waals surface area (Å²) in [5, 5.41) is 9.71. The van der Waals surface area contributed by atoms with Crippen LogP contribution in [-0.4, -0.2) is 31.1 Å². The third kappa shape index (κ3) is 3.38. The molecule has 110 valence electrons. The van der Waals surface area contributed by atoms with Gasteiger partial charge in [0.25, 0.3) is 0 Å². The lowest BCUT2D eigenvalue weighted by Crippen LogP contribution is -2.57. The monoisotopic (exact) mass is 275 g/mol. The zero-order chi connectivity index (χ0) is 14.7. The number of piperazine rings is 1. The van der Waals surface area contributed by atoms with Gasteiger partial charge in [0, 0.05) is 24.8 Å². The van der Waals surface area contributed by atoms with E-state index in [1.165, 1.54) is 5.56 Å². The molecular formula is C16H25N3O. The first kappa shape index (κ1) is 15.0. The Hall–Kier alpha value is -1.39. The molecule has 20 heavy (non-hydrogen) atoms. The van der Waals surface area contributed by atoms with Crippen LogP contribution in [0.25, 0.3) is 0 Å². The van der Waals surface area contributed by atoms with Gasteiger partial charge >= 0.3 is 0 Å². The van der Waals surface area contributed by atoms with Crippen molar-refractivity contribution in [1.82, 2.24) is 10.6 Å². The summed E-state index contributed by atoms with van der Waals surface area (Å²) < 4.78 is 0. The first-order valence-corrected chi connectivity index (χ1v) is 7.36. The molecule has 0 radical (unpaired) electrons. The number of hydrogen-bond acceptors (Lipinski definition) is 3. The normalized spacial score (nSPS) is 22.9. The van der Waals surface area contributed by atoms with Gasteiger partial charge in [-0.2, -0.15) is 0 Å². The molecule has 2 unspecified atom stereocenters. The van der Waals surface area contributed by atoms with Gasteiger partial charge in [-0.25, -0.2) is 0 Å². The zero-order valence-corrected chi connectivity index (χ0v) is 12.8. The maximum atomic E-state index is 12.4. The molecule has 1 aromatic rings. The van der Waals surface area contributed by atoms with E-state index in [0.717, 1.165) is 17.8 Å². The minimum atomic E-state index is -0.161. The SMILES string of the molecule is Cc1cccc(C(C)C)c1NC(=O)C1CNC(C)CN1. The topological polar surface area (TPSA) is 53.2 Å². The zero-order valence-electron chi connectivity index (χ0n) is 12.8. The van der Waals surface area contributed by atoms with E-state index in [4.69, 9.17) is 0 Å². The Morgan fingerprint density at radius 1 is 1.30 bits per heavy atom. The summed E-state index contributed by atoms with van der Waals surface area (Å²) in [6.45, 7) is 9.94. The van der Waals surface area contributed by atoms with E-state index in [1.54, 1.807) is 0 Å². The number of hydrogen-bond donors (Lipinski definition) is 3. The van der Waals surface area contributed by atoms with Gasteiger partial charge in [0.05, 0.1) is 6.04 Å². The molecule has 4 heteroatoms. The molecule has 0 aromatic heterocycles. The Morgan fingerprint density at radius 2 is 2.05 bits per heavy atom. The van der Waals surface area contributed by atoms with E-state index in [0.29, 0.717) is 18.5 Å². The summed E-state index contributed by atoms with van der Waals surface area (Å²) in [4.78, 5) is 12.4. The number of anilines is 1. The molecule has 4 nitrogen and oxygen atoms in total. The molecule has 1 aromatic carbocycles. The lowest BCUT2D eigenvalue weighted by atomic mass is 9.98. The number of aryl methyl sites for hydroxylation is 1. The second kappa shape index (κ2) is 6.37.